The molecule has 0 atom stereocenters. The van der Waals surface area contributed by atoms with Crippen molar-refractivity contribution in [1.29, 1.82) is 0 Å². The van der Waals surface area contributed by atoms with Gasteiger partial charge in [-0.2, -0.15) is 0 Å². The van der Waals surface area contributed by atoms with E-state index in [1.54, 1.807) is 13.8 Å². The number of methoxy groups -OCH3 is 1. The predicted octanol–water partition coefficient (Wildman–Crippen LogP) is 3.42. The van der Waals surface area contributed by atoms with Crippen molar-refractivity contribution in [3.8, 4) is 5.75 Å². The van der Waals surface area contributed by atoms with Gasteiger partial charge in [0.25, 0.3) is 0 Å². The molecular weight excluding hydrogens is 290 g/mol. The number of ether oxygens (including phenoxy) is 2. The van der Waals surface area contributed by atoms with Crippen molar-refractivity contribution in [3.05, 3.63) is 28.8 Å². The normalized spacial score (nSPS) is 11.3. The van der Waals surface area contributed by atoms with Crippen LogP contribution >= 0.6 is 11.6 Å². The molecule has 4 nitrogen and oxygen atoms in total. The van der Waals surface area contributed by atoms with Gasteiger partial charge in [-0.05, 0) is 44.5 Å². The van der Waals surface area contributed by atoms with Gasteiger partial charge < -0.3 is 14.8 Å². The zero-order chi connectivity index (χ0) is 15.9. The fourth-order valence-corrected chi connectivity index (χ4v) is 2.03. The van der Waals surface area contributed by atoms with E-state index in [0.29, 0.717) is 10.8 Å². The summed E-state index contributed by atoms with van der Waals surface area (Å²) in [5, 5.41) is 3.86. The largest absolute Gasteiger partial charge is 0.491 e. The Morgan fingerprint density at radius 2 is 2.10 bits per heavy atom. The van der Waals surface area contributed by atoms with Crippen molar-refractivity contribution in [2.24, 2.45) is 5.41 Å². The van der Waals surface area contributed by atoms with Crippen molar-refractivity contribution >= 4 is 17.6 Å². The van der Waals surface area contributed by atoms with Gasteiger partial charge >= 0.3 is 5.97 Å². The van der Waals surface area contributed by atoms with Crippen LogP contribution in [0.5, 0.6) is 5.75 Å². The smallest absolute Gasteiger partial charge is 0.314 e. The van der Waals surface area contributed by atoms with E-state index in [9.17, 15) is 4.79 Å². The molecule has 5 heteroatoms. The predicted molar refractivity (Wildman–Crippen MR) is 84.7 cm³/mol. The summed E-state index contributed by atoms with van der Waals surface area (Å²) in [5.41, 5.74) is 0.396. The topological polar surface area (TPSA) is 47.6 Å². The van der Waals surface area contributed by atoms with Crippen molar-refractivity contribution < 1.29 is 14.3 Å². The van der Waals surface area contributed by atoms with Crippen LogP contribution in [-0.2, 0) is 16.1 Å². The van der Waals surface area contributed by atoms with E-state index in [2.05, 4.69) is 12.2 Å². The number of benzene rings is 1. The first-order chi connectivity index (χ1) is 9.90. The van der Waals surface area contributed by atoms with Gasteiger partial charge in [-0.3, -0.25) is 4.79 Å². The lowest BCUT2D eigenvalue weighted by molar-refractivity contribution is -0.152. The highest BCUT2D eigenvalue weighted by atomic mass is 35.5. The molecular formula is C16H24ClNO3. The molecule has 0 bridgehead atoms. The molecule has 0 spiro atoms. The average Bonchev–Trinajstić information content (AvgIpc) is 2.45. The molecule has 1 rings (SSSR count). The van der Waals surface area contributed by atoms with E-state index < -0.39 is 5.41 Å². The van der Waals surface area contributed by atoms with Gasteiger partial charge in [0, 0.05) is 6.54 Å². The molecule has 0 aliphatic rings. The second kappa shape index (κ2) is 8.25. The van der Waals surface area contributed by atoms with E-state index in [0.717, 1.165) is 25.1 Å². The second-order valence-corrected chi connectivity index (χ2v) is 6.01. The van der Waals surface area contributed by atoms with Crippen molar-refractivity contribution in [1.82, 2.24) is 5.32 Å². The first kappa shape index (κ1) is 17.8. The molecule has 0 amide bonds. The maximum Gasteiger partial charge on any atom is 0.314 e. The number of halogens is 1. The Bertz CT molecular complexity index is 475. The Morgan fingerprint density at radius 1 is 1.38 bits per heavy atom. The molecule has 1 aromatic rings. The lowest BCUT2D eigenvalue weighted by Crippen LogP contribution is -2.32. The molecule has 0 saturated heterocycles. The molecule has 1 N–H and O–H groups in total. The highest BCUT2D eigenvalue weighted by Gasteiger charge is 2.30. The van der Waals surface area contributed by atoms with Gasteiger partial charge in [0.05, 0.1) is 17.5 Å². The van der Waals surface area contributed by atoms with Gasteiger partial charge in [0.15, 0.2) is 0 Å². The van der Waals surface area contributed by atoms with Gasteiger partial charge in [0.2, 0.25) is 0 Å². The van der Waals surface area contributed by atoms with Crippen molar-refractivity contribution in [2.45, 2.75) is 33.7 Å². The Kier molecular flexibility index (Phi) is 6.99. The molecule has 0 unspecified atom stereocenters. The van der Waals surface area contributed by atoms with E-state index in [1.807, 2.05) is 18.2 Å². The van der Waals surface area contributed by atoms with E-state index in [4.69, 9.17) is 21.1 Å². The standard InChI is InChI=1S/C16H24ClNO3/c1-5-8-18-10-12-6-7-14(13(17)9-12)21-11-16(2,3)15(19)20-4/h6-7,9,18H,5,8,10-11H2,1-4H3. The van der Waals surface area contributed by atoms with Crippen LogP contribution in [0.1, 0.15) is 32.8 Å². The van der Waals surface area contributed by atoms with E-state index in [1.165, 1.54) is 7.11 Å². The zero-order valence-corrected chi connectivity index (χ0v) is 13.9. The third kappa shape index (κ3) is 5.56. The molecule has 118 valence electrons. The lowest BCUT2D eigenvalue weighted by Gasteiger charge is -2.22. The van der Waals surface area contributed by atoms with Crippen LogP contribution < -0.4 is 10.1 Å². The van der Waals surface area contributed by atoms with Crippen LogP contribution in [0.25, 0.3) is 0 Å². The van der Waals surface area contributed by atoms with E-state index >= 15 is 0 Å². The second-order valence-electron chi connectivity index (χ2n) is 5.61. The molecule has 0 aliphatic heterocycles. The number of hydrogen-bond donors (Lipinski definition) is 1. The van der Waals surface area contributed by atoms with Crippen LogP contribution in [0.4, 0.5) is 0 Å². The third-order valence-electron chi connectivity index (χ3n) is 3.08. The van der Waals surface area contributed by atoms with Gasteiger partial charge in [-0.1, -0.05) is 24.6 Å². The number of esters is 1. The Labute approximate surface area is 131 Å². The van der Waals surface area contributed by atoms with Crippen molar-refractivity contribution in [3.63, 3.8) is 0 Å². The van der Waals surface area contributed by atoms with E-state index in [-0.39, 0.29) is 12.6 Å². The number of carbonyl (C=O) groups is 1. The fourth-order valence-electron chi connectivity index (χ4n) is 1.77. The van der Waals surface area contributed by atoms with Gasteiger partial charge in [0.1, 0.15) is 12.4 Å². The first-order valence-corrected chi connectivity index (χ1v) is 7.49. The minimum absolute atomic E-state index is 0.215. The van der Waals surface area contributed by atoms with Crippen LogP contribution in [0.3, 0.4) is 0 Å². The van der Waals surface area contributed by atoms with Gasteiger partial charge in [-0.25, -0.2) is 0 Å². The third-order valence-corrected chi connectivity index (χ3v) is 3.37. The Hall–Kier alpha value is -1.26. The fraction of sp³-hybridized carbons (Fsp3) is 0.562. The maximum absolute atomic E-state index is 11.6. The average molecular weight is 314 g/mol. The van der Waals surface area contributed by atoms with Crippen LogP contribution in [0.2, 0.25) is 5.02 Å². The quantitative estimate of drug-likeness (QED) is 0.590. The minimum atomic E-state index is -0.709. The summed E-state index contributed by atoms with van der Waals surface area (Å²) < 4.78 is 10.4. The molecule has 1 aromatic carbocycles. The Balaban J connectivity index is 2.62. The molecule has 0 aromatic heterocycles. The number of hydrogen-bond acceptors (Lipinski definition) is 4. The molecule has 0 aliphatic carbocycles. The molecule has 0 fully saturated rings. The molecule has 0 radical (unpaired) electrons. The maximum atomic E-state index is 11.6. The summed E-state index contributed by atoms with van der Waals surface area (Å²) in [7, 11) is 1.37. The molecule has 0 saturated carbocycles. The summed E-state index contributed by atoms with van der Waals surface area (Å²) in [5.74, 6) is 0.270. The monoisotopic (exact) mass is 313 g/mol. The summed E-state index contributed by atoms with van der Waals surface area (Å²) in [6, 6.07) is 5.68. The van der Waals surface area contributed by atoms with Crippen LogP contribution in [-0.4, -0.2) is 26.2 Å². The highest BCUT2D eigenvalue weighted by Crippen LogP contribution is 2.28. The van der Waals surface area contributed by atoms with Crippen LogP contribution in [0.15, 0.2) is 18.2 Å². The first-order valence-electron chi connectivity index (χ1n) is 7.11. The zero-order valence-electron chi connectivity index (χ0n) is 13.2. The Morgan fingerprint density at radius 3 is 2.67 bits per heavy atom. The number of nitrogens with one attached hydrogen (secondary N) is 1. The minimum Gasteiger partial charge on any atom is -0.491 e. The number of rotatable bonds is 8. The summed E-state index contributed by atoms with van der Waals surface area (Å²) in [4.78, 5) is 11.6. The SMILES string of the molecule is CCCNCc1ccc(OCC(C)(C)C(=O)OC)c(Cl)c1. The van der Waals surface area contributed by atoms with Crippen LogP contribution in [0, 0.1) is 5.41 Å². The summed E-state index contributed by atoms with van der Waals surface area (Å²) in [6.45, 7) is 7.64. The molecule has 0 heterocycles. The molecule has 21 heavy (non-hydrogen) atoms. The van der Waals surface area contributed by atoms with Gasteiger partial charge in [-0.15, -0.1) is 0 Å². The summed E-state index contributed by atoms with van der Waals surface area (Å²) in [6.07, 6.45) is 1.09. The summed E-state index contributed by atoms with van der Waals surface area (Å²) >= 11 is 6.22. The number of carbonyl (C=O) groups excluding carboxylic acids is 1. The highest BCUT2D eigenvalue weighted by molar-refractivity contribution is 6.32. The lowest BCUT2D eigenvalue weighted by atomic mass is 9.95. The van der Waals surface area contributed by atoms with Crippen molar-refractivity contribution in [2.75, 3.05) is 20.3 Å².